The van der Waals surface area contributed by atoms with E-state index in [0.717, 1.165) is 17.6 Å². The number of hydrogen-bond donors (Lipinski definition) is 2. The Bertz CT molecular complexity index is 935. The highest BCUT2D eigenvalue weighted by Crippen LogP contribution is 2.31. The van der Waals surface area contributed by atoms with Gasteiger partial charge < -0.3 is 15.2 Å². The molecule has 0 radical (unpaired) electrons. The molecule has 0 bridgehead atoms. The van der Waals surface area contributed by atoms with Crippen molar-refractivity contribution in [2.45, 2.75) is 13.0 Å². The van der Waals surface area contributed by atoms with Crippen molar-refractivity contribution in [1.82, 2.24) is 9.88 Å². The van der Waals surface area contributed by atoms with Gasteiger partial charge in [-0.25, -0.2) is 4.79 Å². The fourth-order valence-electron chi connectivity index (χ4n) is 3.16. The second-order valence-corrected chi connectivity index (χ2v) is 6.62. The van der Waals surface area contributed by atoms with Crippen molar-refractivity contribution in [1.29, 1.82) is 0 Å². The summed E-state index contributed by atoms with van der Waals surface area (Å²) < 4.78 is 0. The molecule has 0 saturated carbocycles. The molecule has 2 aromatic carbocycles. The summed E-state index contributed by atoms with van der Waals surface area (Å²) in [6.45, 7) is 1.22. The van der Waals surface area contributed by atoms with Crippen LogP contribution in [0.4, 0.5) is 10.5 Å². The van der Waals surface area contributed by atoms with Gasteiger partial charge in [0.25, 0.3) is 0 Å². The highest BCUT2D eigenvalue weighted by molar-refractivity contribution is 6.43. The molecule has 0 aliphatic carbocycles. The van der Waals surface area contributed by atoms with Gasteiger partial charge in [0.2, 0.25) is 0 Å². The molecule has 1 aromatic heterocycles. The molecule has 24 heavy (non-hydrogen) atoms. The second kappa shape index (κ2) is 6.04. The molecule has 4 nitrogen and oxygen atoms in total. The van der Waals surface area contributed by atoms with Gasteiger partial charge in [-0.1, -0.05) is 47.5 Å². The van der Waals surface area contributed by atoms with E-state index in [-0.39, 0.29) is 6.03 Å². The van der Waals surface area contributed by atoms with Crippen molar-refractivity contribution in [3.63, 3.8) is 0 Å². The summed E-state index contributed by atoms with van der Waals surface area (Å²) in [4.78, 5) is 17.7. The lowest BCUT2D eigenvalue weighted by atomic mass is 10.0. The zero-order chi connectivity index (χ0) is 16.7. The standard InChI is InChI=1S/C18H15Cl2N3O/c19-13-5-3-7-15(17(13)20)22-18(24)23-9-8-12-11-4-1-2-6-14(11)21-16(12)10-23/h1-7,21H,8-10H2,(H,22,24). The fourth-order valence-corrected chi connectivity index (χ4v) is 3.51. The first-order chi connectivity index (χ1) is 11.6. The van der Waals surface area contributed by atoms with E-state index in [4.69, 9.17) is 23.2 Å². The summed E-state index contributed by atoms with van der Waals surface area (Å²) in [6, 6.07) is 13.2. The van der Waals surface area contributed by atoms with Crippen LogP contribution in [0.3, 0.4) is 0 Å². The average Bonchev–Trinajstić information content (AvgIpc) is 2.96. The number of hydrogen-bond acceptors (Lipinski definition) is 1. The molecule has 122 valence electrons. The van der Waals surface area contributed by atoms with Gasteiger partial charge in [-0.3, -0.25) is 0 Å². The number of fused-ring (bicyclic) bond motifs is 3. The summed E-state index contributed by atoms with van der Waals surface area (Å²) in [7, 11) is 0. The van der Waals surface area contributed by atoms with E-state index in [1.54, 1.807) is 23.1 Å². The number of benzene rings is 2. The summed E-state index contributed by atoms with van der Waals surface area (Å²) >= 11 is 12.1. The van der Waals surface area contributed by atoms with Crippen molar-refractivity contribution in [3.8, 4) is 0 Å². The molecule has 4 rings (SSSR count). The number of para-hydroxylation sites is 1. The van der Waals surface area contributed by atoms with Crippen LogP contribution in [-0.2, 0) is 13.0 Å². The van der Waals surface area contributed by atoms with Crippen LogP contribution < -0.4 is 5.32 Å². The summed E-state index contributed by atoms with van der Waals surface area (Å²) in [5, 5.41) is 4.86. The van der Waals surface area contributed by atoms with Crippen LogP contribution in [0.1, 0.15) is 11.3 Å². The molecule has 0 saturated heterocycles. The van der Waals surface area contributed by atoms with Gasteiger partial charge in [0.05, 0.1) is 22.3 Å². The van der Waals surface area contributed by atoms with Crippen molar-refractivity contribution in [2.24, 2.45) is 0 Å². The number of H-pyrrole nitrogens is 1. The average molecular weight is 360 g/mol. The number of carbonyl (C=O) groups is 1. The Kier molecular flexibility index (Phi) is 3.87. The lowest BCUT2D eigenvalue weighted by Crippen LogP contribution is -2.38. The number of amides is 2. The summed E-state index contributed by atoms with van der Waals surface area (Å²) in [6.07, 6.45) is 0.829. The topological polar surface area (TPSA) is 48.1 Å². The first-order valence-corrected chi connectivity index (χ1v) is 8.47. The third-order valence-electron chi connectivity index (χ3n) is 4.36. The first kappa shape index (κ1) is 15.4. The molecule has 3 aromatic rings. The van der Waals surface area contributed by atoms with Crippen molar-refractivity contribution in [2.75, 3.05) is 11.9 Å². The van der Waals surface area contributed by atoms with Crippen LogP contribution in [0.2, 0.25) is 10.0 Å². The maximum absolute atomic E-state index is 12.6. The molecule has 1 aliphatic heterocycles. The highest BCUT2D eigenvalue weighted by Gasteiger charge is 2.24. The number of anilines is 1. The summed E-state index contributed by atoms with van der Waals surface area (Å²) in [5.74, 6) is 0. The summed E-state index contributed by atoms with van der Waals surface area (Å²) in [5.41, 5.74) is 4.03. The van der Waals surface area contributed by atoms with E-state index in [1.807, 2.05) is 12.1 Å². The van der Waals surface area contributed by atoms with E-state index in [9.17, 15) is 4.79 Å². The fraction of sp³-hybridized carbons (Fsp3) is 0.167. The Labute approximate surface area is 149 Å². The van der Waals surface area contributed by atoms with Crippen molar-refractivity contribution >= 4 is 45.8 Å². The van der Waals surface area contributed by atoms with Gasteiger partial charge in [-0.15, -0.1) is 0 Å². The van der Waals surface area contributed by atoms with Crippen LogP contribution in [-0.4, -0.2) is 22.5 Å². The zero-order valence-corrected chi connectivity index (χ0v) is 14.3. The maximum atomic E-state index is 12.6. The zero-order valence-electron chi connectivity index (χ0n) is 12.8. The van der Waals surface area contributed by atoms with Crippen LogP contribution in [0.15, 0.2) is 42.5 Å². The molecular formula is C18H15Cl2N3O. The molecule has 2 amide bonds. The molecule has 0 atom stereocenters. The number of halogens is 2. The number of carbonyl (C=O) groups excluding carboxylic acids is 1. The predicted molar refractivity (Wildman–Crippen MR) is 97.9 cm³/mol. The van der Waals surface area contributed by atoms with E-state index in [0.29, 0.717) is 28.8 Å². The van der Waals surface area contributed by atoms with Gasteiger partial charge in [0, 0.05) is 23.1 Å². The Balaban J connectivity index is 1.56. The highest BCUT2D eigenvalue weighted by atomic mass is 35.5. The van der Waals surface area contributed by atoms with E-state index in [2.05, 4.69) is 22.4 Å². The minimum Gasteiger partial charge on any atom is -0.357 e. The molecule has 0 spiro atoms. The Morgan fingerprint density at radius 2 is 1.96 bits per heavy atom. The lowest BCUT2D eigenvalue weighted by molar-refractivity contribution is 0.206. The van der Waals surface area contributed by atoms with Gasteiger partial charge in [0.15, 0.2) is 0 Å². The van der Waals surface area contributed by atoms with Gasteiger partial charge >= 0.3 is 6.03 Å². The van der Waals surface area contributed by atoms with Crippen LogP contribution in [0, 0.1) is 0 Å². The smallest absolute Gasteiger partial charge is 0.322 e. The molecular weight excluding hydrogens is 345 g/mol. The molecule has 6 heteroatoms. The van der Waals surface area contributed by atoms with Gasteiger partial charge in [0.1, 0.15) is 0 Å². The SMILES string of the molecule is O=C(Nc1cccc(Cl)c1Cl)N1CCc2c([nH]c3ccccc23)C1. The second-order valence-electron chi connectivity index (χ2n) is 5.83. The number of aromatic nitrogens is 1. The van der Waals surface area contributed by atoms with Crippen LogP contribution >= 0.6 is 23.2 Å². The number of aromatic amines is 1. The van der Waals surface area contributed by atoms with Crippen LogP contribution in [0.25, 0.3) is 10.9 Å². The number of rotatable bonds is 1. The van der Waals surface area contributed by atoms with E-state index >= 15 is 0 Å². The first-order valence-electron chi connectivity index (χ1n) is 7.72. The third-order valence-corrected chi connectivity index (χ3v) is 5.18. The number of nitrogens with one attached hydrogen (secondary N) is 2. The number of urea groups is 1. The Morgan fingerprint density at radius 3 is 2.83 bits per heavy atom. The molecule has 1 aliphatic rings. The largest absolute Gasteiger partial charge is 0.357 e. The lowest BCUT2D eigenvalue weighted by Gasteiger charge is -2.27. The molecule has 0 unspecified atom stereocenters. The normalized spacial score (nSPS) is 13.8. The van der Waals surface area contributed by atoms with Gasteiger partial charge in [-0.05, 0) is 30.2 Å². The predicted octanol–water partition coefficient (Wildman–Crippen LogP) is 5.06. The van der Waals surface area contributed by atoms with E-state index in [1.165, 1.54) is 10.9 Å². The Morgan fingerprint density at radius 1 is 1.12 bits per heavy atom. The molecule has 2 N–H and O–H groups in total. The van der Waals surface area contributed by atoms with Gasteiger partial charge in [-0.2, -0.15) is 0 Å². The van der Waals surface area contributed by atoms with Crippen molar-refractivity contribution < 1.29 is 4.79 Å². The molecule has 2 heterocycles. The van der Waals surface area contributed by atoms with E-state index < -0.39 is 0 Å². The maximum Gasteiger partial charge on any atom is 0.322 e. The Hall–Kier alpha value is -2.17. The number of nitrogens with zero attached hydrogens (tertiary/aromatic N) is 1. The third kappa shape index (κ3) is 2.62. The minimum absolute atomic E-state index is 0.177. The molecule has 0 fully saturated rings. The monoisotopic (exact) mass is 359 g/mol. The quantitative estimate of drug-likeness (QED) is 0.626. The van der Waals surface area contributed by atoms with Crippen molar-refractivity contribution in [3.05, 3.63) is 63.8 Å². The minimum atomic E-state index is -0.177. The van der Waals surface area contributed by atoms with Crippen LogP contribution in [0.5, 0.6) is 0 Å².